The molecule has 0 aliphatic carbocycles. The summed E-state index contributed by atoms with van der Waals surface area (Å²) in [6.07, 6.45) is -3.67. The number of hydrogen-bond donors (Lipinski definition) is 2. The van der Waals surface area contributed by atoms with Crippen LogP contribution in [0.5, 0.6) is 0 Å². The molecule has 0 aliphatic rings. The van der Waals surface area contributed by atoms with Crippen LogP contribution in [0.4, 0.5) is 19.1 Å². The second-order valence-corrected chi connectivity index (χ2v) is 4.85. The zero-order valence-corrected chi connectivity index (χ0v) is 10.2. The fourth-order valence-electron chi connectivity index (χ4n) is 0.985. The predicted octanol–water partition coefficient (Wildman–Crippen LogP) is 2.67. The van der Waals surface area contributed by atoms with E-state index in [1.54, 1.807) is 0 Å². The summed E-state index contributed by atoms with van der Waals surface area (Å²) in [5.41, 5.74) is 1.04. The predicted molar refractivity (Wildman–Crippen MR) is 60.5 cm³/mol. The Bertz CT molecular complexity index is 383. The molecule has 0 amide bonds. The SMILES string of the molecule is CCC(C)Sc1cc(C(F)(F)F)nc(NN)n1. The smallest absolute Gasteiger partial charge is 0.292 e. The lowest BCUT2D eigenvalue weighted by molar-refractivity contribution is -0.141. The van der Waals surface area contributed by atoms with Gasteiger partial charge in [-0.25, -0.2) is 15.8 Å². The van der Waals surface area contributed by atoms with Gasteiger partial charge < -0.3 is 0 Å². The summed E-state index contributed by atoms with van der Waals surface area (Å²) >= 11 is 1.26. The number of rotatable bonds is 4. The number of hydrazine groups is 1. The number of nitrogen functional groups attached to an aromatic ring is 1. The van der Waals surface area contributed by atoms with Crippen LogP contribution in [-0.2, 0) is 6.18 Å². The van der Waals surface area contributed by atoms with E-state index in [2.05, 4.69) is 9.97 Å². The van der Waals surface area contributed by atoms with Gasteiger partial charge in [0.1, 0.15) is 5.03 Å². The molecule has 0 radical (unpaired) electrons. The quantitative estimate of drug-likeness (QED) is 0.379. The topological polar surface area (TPSA) is 63.8 Å². The summed E-state index contributed by atoms with van der Waals surface area (Å²) in [5, 5.41) is 0.436. The molecule has 0 aliphatic heterocycles. The summed E-state index contributed by atoms with van der Waals surface area (Å²) in [7, 11) is 0. The van der Waals surface area contributed by atoms with Crippen LogP contribution in [0.15, 0.2) is 11.1 Å². The average molecular weight is 266 g/mol. The van der Waals surface area contributed by atoms with E-state index in [0.717, 1.165) is 12.5 Å². The summed E-state index contributed by atoms with van der Waals surface area (Å²) in [4.78, 5) is 7.14. The second kappa shape index (κ2) is 5.54. The molecule has 0 saturated heterocycles. The van der Waals surface area contributed by atoms with E-state index in [4.69, 9.17) is 5.84 Å². The lowest BCUT2D eigenvalue weighted by atomic mass is 10.4. The lowest BCUT2D eigenvalue weighted by Crippen LogP contribution is -2.16. The first-order valence-electron chi connectivity index (χ1n) is 4.96. The molecule has 0 fully saturated rings. The molecule has 1 unspecified atom stereocenters. The summed E-state index contributed by atoms with van der Waals surface area (Å²) in [5.74, 6) is 4.81. The Hall–Kier alpha value is -1.02. The molecule has 4 nitrogen and oxygen atoms in total. The Morgan fingerprint density at radius 2 is 2.12 bits per heavy atom. The Morgan fingerprint density at radius 3 is 2.59 bits per heavy atom. The standard InChI is InChI=1S/C9H13F3N4S/c1-3-5(2)17-7-4-6(9(10,11)12)14-8(15-7)16-13/h4-5H,3,13H2,1-2H3,(H,14,15,16). The fraction of sp³-hybridized carbons (Fsp3) is 0.556. The minimum atomic E-state index is -4.50. The van der Waals surface area contributed by atoms with Gasteiger partial charge in [-0.15, -0.1) is 11.8 Å². The van der Waals surface area contributed by atoms with Gasteiger partial charge in [0.15, 0.2) is 5.69 Å². The van der Waals surface area contributed by atoms with E-state index in [9.17, 15) is 13.2 Å². The first-order chi connectivity index (χ1) is 7.86. The minimum absolute atomic E-state index is 0.177. The molecule has 1 heterocycles. The Labute approximate surface area is 101 Å². The molecule has 3 N–H and O–H groups in total. The molecule has 1 aromatic rings. The number of halogens is 3. The number of alkyl halides is 3. The Kier molecular flexibility index (Phi) is 4.58. The number of hydrogen-bond acceptors (Lipinski definition) is 5. The van der Waals surface area contributed by atoms with Crippen molar-refractivity contribution < 1.29 is 13.2 Å². The highest BCUT2D eigenvalue weighted by Gasteiger charge is 2.33. The molecule has 8 heteroatoms. The number of thioether (sulfide) groups is 1. The average Bonchev–Trinajstić information content (AvgIpc) is 2.27. The highest BCUT2D eigenvalue weighted by Crippen LogP contribution is 2.32. The molecule has 0 bridgehead atoms. The molecular formula is C9H13F3N4S. The molecule has 1 rings (SSSR count). The largest absolute Gasteiger partial charge is 0.433 e. The number of anilines is 1. The lowest BCUT2D eigenvalue weighted by Gasteiger charge is -2.11. The van der Waals surface area contributed by atoms with Crippen LogP contribution in [0.1, 0.15) is 26.0 Å². The van der Waals surface area contributed by atoms with E-state index in [1.165, 1.54) is 11.8 Å². The van der Waals surface area contributed by atoms with Crippen LogP contribution in [0.2, 0.25) is 0 Å². The van der Waals surface area contributed by atoms with Gasteiger partial charge in [0.2, 0.25) is 5.95 Å². The number of aromatic nitrogens is 2. The van der Waals surface area contributed by atoms with Crippen molar-refractivity contribution >= 4 is 17.7 Å². The highest BCUT2D eigenvalue weighted by atomic mass is 32.2. The van der Waals surface area contributed by atoms with Crippen molar-refractivity contribution in [3.05, 3.63) is 11.8 Å². The first kappa shape index (κ1) is 14.0. The van der Waals surface area contributed by atoms with E-state index >= 15 is 0 Å². The molecule has 96 valence electrons. The van der Waals surface area contributed by atoms with Crippen LogP contribution < -0.4 is 11.3 Å². The molecule has 0 spiro atoms. The van der Waals surface area contributed by atoms with Gasteiger partial charge in [-0.2, -0.15) is 13.2 Å². The zero-order chi connectivity index (χ0) is 13.1. The van der Waals surface area contributed by atoms with Crippen LogP contribution >= 0.6 is 11.8 Å². The van der Waals surface area contributed by atoms with Crippen molar-refractivity contribution in [1.82, 2.24) is 9.97 Å². The van der Waals surface area contributed by atoms with Gasteiger partial charge in [0, 0.05) is 11.3 Å². The van der Waals surface area contributed by atoms with E-state index in [-0.39, 0.29) is 16.2 Å². The van der Waals surface area contributed by atoms with Crippen LogP contribution in [-0.4, -0.2) is 15.2 Å². The molecule has 0 saturated carbocycles. The normalized spacial score (nSPS) is 13.5. The maximum atomic E-state index is 12.5. The van der Waals surface area contributed by atoms with Crippen molar-refractivity contribution in [2.45, 2.75) is 36.7 Å². The third kappa shape index (κ3) is 4.04. The first-order valence-corrected chi connectivity index (χ1v) is 5.84. The van der Waals surface area contributed by atoms with Crippen LogP contribution in [0.3, 0.4) is 0 Å². The molecule has 1 atom stereocenters. The van der Waals surface area contributed by atoms with E-state index in [0.29, 0.717) is 0 Å². The number of nitrogens with zero attached hydrogens (tertiary/aromatic N) is 2. The molecule has 17 heavy (non-hydrogen) atoms. The molecule has 0 aromatic carbocycles. The fourth-order valence-corrected chi connectivity index (χ4v) is 1.88. The van der Waals surface area contributed by atoms with Gasteiger partial charge in [-0.05, 0) is 6.42 Å². The maximum absolute atomic E-state index is 12.5. The maximum Gasteiger partial charge on any atom is 0.433 e. The minimum Gasteiger partial charge on any atom is -0.292 e. The monoisotopic (exact) mass is 266 g/mol. The third-order valence-corrected chi connectivity index (χ3v) is 3.21. The number of nitrogens with two attached hydrogens (primary N) is 1. The highest BCUT2D eigenvalue weighted by molar-refractivity contribution is 7.99. The van der Waals surface area contributed by atoms with E-state index in [1.807, 2.05) is 19.3 Å². The van der Waals surface area contributed by atoms with Gasteiger partial charge in [-0.3, -0.25) is 5.43 Å². The summed E-state index contributed by atoms with van der Waals surface area (Å²) < 4.78 is 37.6. The van der Waals surface area contributed by atoms with Crippen LogP contribution in [0, 0.1) is 0 Å². The summed E-state index contributed by atoms with van der Waals surface area (Å²) in [6.45, 7) is 3.86. The van der Waals surface area contributed by atoms with Crippen molar-refractivity contribution in [2.24, 2.45) is 5.84 Å². The van der Waals surface area contributed by atoms with Crippen LogP contribution in [0.25, 0.3) is 0 Å². The van der Waals surface area contributed by atoms with Gasteiger partial charge >= 0.3 is 6.18 Å². The third-order valence-electron chi connectivity index (χ3n) is 2.02. The van der Waals surface area contributed by atoms with Crippen molar-refractivity contribution in [1.29, 1.82) is 0 Å². The van der Waals surface area contributed by atoms with Gasteiger partial charge in [0.05, 0.1) is 0 Å². The van der Waals surface area contributed by atoms with Gasteiger partial charge in [-0.1, -0.05) is 13.8 Å². The summed E-state index contributed by atoms with van der Waals surface area (Å²) in [6, 6.07) is 0.928. The second-order valence-electron chi connectivity index (χ2n) is 3.39. The molecular weight excluding hydrogens is 253 g/mol. The number of nitrogens with one attached hydrogen (secondary N) is 1. The van der Waals surface area contributed by atoms with Crippen molar-refractivity contribution in [3.63, 3.8) is 0 Å². The molecule has 1 aromatic heterocycles. The van der Waals surface area contributed by atoms with Gasteiger partial charge in [0.25, 0.3) is 0 Å². The van der Waals surface area contributed by atoms with Crippen molar-refractivity contribution in [2.75, 3.05) is 5.43 Å². The van der Waals surface area contributed by atoms with Crippen molar-refractivity contribution in [3.8, 4) is 0 Å². The Morgan fingerprint density at radius 1 is 1.47 bits per heavy atom. The Balaban J connectivity index is 3.05. The zero-order valence-electron chi connectivity index (χ0n) is 9.38. The van der Waals surface area contributed by atoms with E-state index < -0.39 is 11.9 Å².